The molecule has 0 aromatic heterocycles. The third-order valence-electron chi connectivity index (χ3n) is 3.58. The largest absolute Gasteiger partial charge is 0.446 e. The van der Waals surface area contributed by atoms with Gasteiger partial charge in [-0.2, -0.15) is 0 Å². The highest BCUT2D eigenvalue weighted by molar-refractivity contribution is 6.21. The fourth-order valence-electron chi connectivity index (χ4n) is 2.45. The van der Waals surface area contributed by atoms with Crippen molar-refractivity contribution in [3.63, 3.8) is 0 Å². The number of nitrogens with zero attached hydrogens (tertiary/aromatic N) is 1. The molecule has 0 aromatic carbocycles. The average Bonchev–Trinajstić information content (AvgIpc) is 2.48. The van der Waals surface area contributed by atoms with Crippen LogP contribution in [0.15, 0.2) is 0 Å². The number of alkyl halides is 1. The van der Waals surface area contributed by atoms with Crippen LogP contribution >= 0.6 is 11.6 Å². The van der Waals surface area contributed by atoms with E-state index in [4.69, 9.17) is 32.2 Å². The van der Waals surface area contributed by atoms with Crippen molar-refractivity contribution >= 4 is 17.7 Å². The van der Waals surface area contributed by atoms with Crippen LogP contribution in [0.2, 0.25) is 0 Å². The third-order valence-corrected chi connectivity index (χ3v) is 4.08. The highest BCUT2D eigenvalue weighted by Gasteiger charge is 2.33. The molecule has 2 fully saturated rings. The first-order valence-corrected chi connectivity index (χ1v) is 7.36. The monoisotopic (exact) mass is 301 g/mol. The van der Waals surface area contributed by atoms with Crippen molar-refractivity contribution in [2.24, 2.45) is 0 Å². The van der Waals surface area contributed by atoms with Crippen LogP contribution in [0.25, 0.3) is 0 Å². The Morgan fingerprint density at radius 2 is 2.15 bits per heavy atom. The Morgan fingerprint density at radius 1 is 1.40 bits per heavy atom. The van der Waals surface area contributed by atoms with Gasteiger partial charge in [0, 0.05) is 19.5 Å². The van der Waals surface area contributed by atoms with E-state index in [2.05, 4.69) is 5.92 Å². The molecule has 20 heavy (non-hydrogen) atoms. The van der Waals surface area contributed by atoms with E-state index >= 15 is 0 Å². The Kier molecular flexibility index (Phi) is 5.96. The molecular formula is C14H20ClNO4. The molecule has 2 aliphatic rings. The van der Waals surface area contributed by atoms with E-state index in [0.29, 0.717) is 32.7 Å². The second-order valence-electron chi connectivity index (χ2n) is 4.99. The van der Waals surface area contributed by atoms with Crippen LogP contribution < -0.4 is 0 Å². The van der Waals surface area contributed by atoms with Crippen LogP contribution in [0, 0.1) is 12.3 Å². The summed E-state index contributed by atoms with van der Waals surface area (Å²) in [5.41, 5.74) is 0. The van der Waals surface area contributed by atoms with E-state index in [1.54, 1.807) is 4.90 Å². The molecule has 1 saturated heterocycles. The lowest BCUT2D eigenvalue weighted by atomic mass is 9.94. The molecule has 5 nitrogen and oxygen atoms in total. The van der Waals surface area contributed by atoms with E-state index in [9.17, 15) is 4.79 Å². The highest BCUT2D eigenvalue weighted by atomic mass is 35.5. The van der Waals surface area contributed by atoms with Crippen LogP contribution in [-0.4, -0.2) is 61.5 Å². The minimum Gasteiger partial charge on any atom is -0.446 e. The molecule has 2 rings (SSSR count). The Hall–Kier alpha value is -0.960. The van der Waals surface area contributed by atoms with Crippen LogP contribution in [0.4, 0.5) is 4.79 Å². The predicted octanol–water partition coefficient (Wildman–Crippen LogP) is 1.63. The minimum atomic E-state index is -0.276. The molecule has 1 aliphatic carbocycles. The van der Waals surface area contributed by atoms with Crippen molar-refractivity contribution in [2.45, 2.75) is 36.8 Å². The van der Waals surface area contributed by atoms with Crippen molar-refractivity contribution in [3.05, 3.63) is 0 Å². The van der Waals surface area contributed by atoms with E-state index in [1.165, 1.54) is 0 Å². The number of halogens is 1. The highest BCUT2D eigenvalue weighted by Crippen LogP contribution is 2.28. The quantitative estimate of drug-likeness (QED) is 0.587. The number of morpholine rings is 1. The first kappa shape index (κ1) is 15.4. The zero-order valence-electron chi connectivity index (χ0n) is 11.4. The van der Waals surface area contributed by atoms with Gasteiger partial charge in [-0.1, -0.05) is 5.92 Å². The number of ether oxygens (including phenoxy) is 3. The molecule has 3 unspecified atom stereocenters. The molecule has 1 heterocycles. The smallest absolute Gasteiger partial charge is 0.410 e. The predicted molar refractivity (Wildman–Crippen MR) is 74.7 cm³/mol. The van der Waals surface area contributed by atoms with Crippen molar-refractivity contribution in [1.29, 1.82) is 0 Å². The van der Waals surface area contributed by atoms with Gasteiger partial charge in [0.2, 0.25) is 0 Å². The van der Waals surface area contributed by atoms with Crippen molar-refractivity contribution < 1.29 is 19.0 Å². The lowest BCUT2D eigenvalue weighted by Crippen LogP contribution is -2.44. The summed E-state index contributed by atoms with van der Waals surface area (Å²) in [7, 11) is 0. The van der Waals surface area contributed by atoms with Crippen LogP contribution in [0.5, 0.6) is 0 Å². The Bertz CT molecular complexity index is 365. The van der Waals surface area contributed by atoms with Crippen molar-refractivity contribution in [1.82, 2.24) is 4.90 Å². The van der Waals surface area contributed by atoms with Crippen molar-refractivity contribution in [3.8, 4) is 12.3 Å². The maximum atomic E-state index is 12.0. The maximum absolute atomic E-state index is 12.0. The van der Waals surface area contributed by atoms with Crippen LogP contribution in [0.1, 0.15) is 19.3 Å². The SMILES string of the molecule is C#CCOC1CC(OC(=O)N2CCOCC2)CCC1Cl. The van der Waals surface area contributed by atoms with E-state index in [0.717, 1.165) is 12.8 Å². The molecule has 0 aromatic rings. The summed E-state index contributed by atoms with van der Waals surface area (Å²) >= 11 is 6.21. The fraction of sp³-hybridized carbons (Fsp3) is 0.786. The molecule has 1 saturated carbocycles. The number of hydrogen-bond donors (Lipinski definition) is 0. The molecule has 0 spiro atoms. The summed E-state index contributed by atoms with van der Waals surface area (Å²) in [6.07, 6.45) is 6.74. The standard InChI is InChI=1S/C14H20ClNO4/c1-2-7-19-13-10-11(3-4-12(13)15)20-14(17)16-5-8-18-9-6-16/h1,11-13H,3-10H2. The molecule has 0 N–H and O–H groups in total. The van der Waals surface area contributed by atoms with Gasteiger partial charge in [0.1, 0.15) is 12.7 Å². The second kappa shape index (κ2) is 7.72. The molecule has 1 aliphatic heterocycles. The zero-order valence-corrected chi connectivity index (χ0v) is 12.2. The molecule has 3 atom stereocenters. The Morgan fingerprint density at radius 3 is 2.85 bits per heavy atom. The van der Waals surface area contributed by atoms with Gasteiger partial charge in [-0.05, 0) is 12.8 Å². The van der Waals surface area contributed by atoms with Gasteiger partial charge >= 0.3 is 6.09 Å². The molecule has 0 bridgehead atoms. The van der Waals surface area contributed by atoms with E-state index in [1.807, 2.05) is 0 Å². The Balaban J connectivity index is 1.80. The minimum absolute atomic E-state index is 0.0679. The lowest BCUT2D eigenvalue weighted by molar-refractivity contribution is -0.0267. The molecule has 6 heteroatoms. The van der Waals surface area contributed by atoms with Gasteiger partial charge in [-0.15, -0.1) is 18.0 Å². The molecule has 1 amide bonds. The number of hydrogen-bond acceptors (Lipinski definition) is 4. The topological polar surface area (TPSA) is 48.0 Å². The first-order chi connectivity index (χ1) is 9.70. The average molecular weight is 302 g/mol. The number of amides is 1. The van der Waals surface area contributed by atoms with Gasteiger partial charge in [-0.3, -0.25) is 0 Å². The fourth-order valence-corrected chi connectivity index (χ4v) is 2.75. The number of carbonyl (C=O) groups is 1. The van der Waals surface area contributed by atoms with E-state index in [-0.39, 0.29) is 30.3 Å². The summed E-state index contributed by atoms with van der Waals surface area (Å²) in [5, 5.41) is -0.0679. The number of rotatable bonds is 3. The first-order valence-electron chi connectivity index (χ1n) is 6.93. The van der Waals surface area contributed by atoms with Gasteiger partial charge in [0.15, 0.2) is 0 Å². The summed E-state index contributed by atoms with van der Waals surface area (Å²) < 4.78 is 16.2. The molecule has 112 valence electrons. The normalized spacial score (nSPS) is 30.6. The maximum Gasteiger partial charge on any atom is 0.410 e. The van der Waals surface area contributed by atoms with Gasteiger partial charge < -0.3 is 19.1 Å². The summed E-state index contributed by atoms with van der Waals surface area (Å²) in [6.45, 7) is 2.54. The van der Waals surface area contributed by atoms with Crippen LogP contribution in [-0.2, 0) is 14.2 Å². The van der Waals surface area contributed by atoms with Gasteiger partial charge in [0.05, 0.1) is 24.7 Å². The zero-order chi connectivity index (χ0) is 14.4. The molecule has 0 radical (unpaired) electrons. The third kappa shape index (κ3) is 4.27. The summed E-state index contributed by atoms with van der Waals surface area (Å²) in [6, 6.07) is 0. The Labute approximate surface area is 124 Å². The number of terminal acetylenes is 1. The summed E-state index contributed by atoms with van der Waals surface area (Å²) in [5.74, 6) is 2.43. The van der Waals surface area contributed by atoms with Crippen LogP contribution in [0.3, 0.4) is 0 Å². The molecular weight excluding hydrogens is 282 g/mol. The lowest BCUT2D eigenvalue weighted by Gasteiger charge is -2.34. The number of carbonyl (C=O) groups excluding carboxylic acids is 1. The van der Waals surface area contributed by atoms with Gasteiger partial charge in [0.25, 0.3) is 0 Å². The summed E-state index contributed by atoms with van der Waals surface area (Å²) in [4.78, 5) is 13.7. The second-order valence-corrected chi connectivity index (χ2v) is 5.55. The van der Waals surface area contributed by atoms with Crippen molar-refractivity contribution in [2.75, 3.05) is 32.9 Å². The van der Waals surface area contributed by atoms with Gasteiger partial charge in [-0.25, -0.2) is 4.79 Å². The van der Waals surface area contributed by atoms with E-state index < -0.39 is 0 Å².